The fraction of sp³-hybridized carbons (Fsp3) is 0.562. The van der Waals surface area contributed by atoms with Crippen molar-refractivity contribution in [2.75, 3.05) is 6.54 Å². The smallest absolute Gasteiger partial charge is 0.276 e. The molecule has 0 aliphatic heterocycles. The second kappa shape index (κ2) is 7.05. The molecule has 5 nitrogen and oxygen atoms in total. The highest BCUT2D eigenvalue weighted by Gasteiger charge is 2.24. The zero-order valence-electron chi connectivity index (χ0n) is 12.8. The van der Waals surface area contributed by atoms with Crippen LogP contribution in [0.3, 0.4) is 0 Å². The molecule has 1 amide bonds. The van der Waals surface area contributed by atoms with Gasteiger partial charge in [-0.2, -0.15) is 0 Å². The number of aromatic nitrogens is 2. The van der Waals surface area contributed by atoms with Crippen LogP contribution in [0.5, 0.6) is 0 Å². The summed E-state index contributed by atoms with van der Waals surface area (Å²) < 4.78 is 5.05. The van der Waals surface area contributed by atoms with Crippen molar-refractivity contribution in [2.45, 2.75) is 45.6 Å². The maximum atomic E-state index is 12.7. The summed E-state index contributed by atoms with van der Waals surface area (Å²) in [5.41, 5.74) is 0.393. The van der Waals surface area contributed by atoms with Crippen LogP contribution in [-0.4, -0.2) is 27.5 Å². The van der Waals surface area contributed by atoms with Crippen LogP contribution in [0, 0.1) is 12.8 Å². The topological polar surface area (TPSA) is 59.2 Å². The van der Waals surface area contributed by atoms with Gasteiger partial charge in [-0.15, -0.1) is 11.3 Å². The molecule has 0 saturated heterocycles. The van der Waals surface area contributed by atoms with Crippen LogP contribution < -0.4 is 0 Å². The molecule has 0 atom stereocenters. The van der Waals surface area contributed by atoms with E-state index in [-0.39, 0.29) is 5.91 Å². The van der Waals surface area contributed by atoms with Crippen molar-refractivity contribution >= 4 is 17.2 Å². The molecule has 118 valence electrons. The Morgan fingerprint density at radius 3 is 2.86 bits per heavy atom. The Hall–Kier alpha value is -1.69. The van der Waals surface area contributed by atoms with Crippen molar-refractivity contribution in [2.24, 2.45) is 5.92 Å². The van der Waals surface area contributed by atoms with Crippen LogP contribution in [0.15, 0.2) is 22.2 Å². The minimum absolute atomic E-state index is 0.0578. The number of hydrogen-bond acceptors (Lipinski definition) is 5. The Balaban J connectivity index is 1.73. The summed E-state index contributed by atoms with van der Waals surface area (Å²) in [4.78, 5) is 18.9. The fourth-order valence-electron chi connectivity index (χ4n) is 3.02. The normalized spacial score (nSPS) is 15.9. The van der Waals surface area contributed by atoms with E-state index in [0.717, 1.165) is 11.6 Å². The maximum absolute atomic E-state index is 12.7. The van der Waals surface area contributed by atoms with Gasteiger partial charge in [-0.25, -0.2) is 4.98 Å². The first-order valence-electron chi connectivity index (χ1n) is 7.83. The van der Waals surface area contributed by atoms with Crippen molar-refractivity contribution in [1.29, 1.82) is 0 Å². The van der Waals surface area contributed by atoms with Gasteiger partial charge in [0.25, 0.3) is 5.91 Å². The molecule has 22 heavy (non-hydrogen) atoms. The van der Waals surface area contributed by atoms with Gasteiger partial charge in [0.15, 0.2) is 5.69 Å². The summed E-state index contributed by atoms with van der Waals surface area (Å²) in [6, 6.07) is 1.71. The monoisotopic (exact) mass is 319 g/mol. The minimum atomic E-state index is -0.0578. The molecular formula is C16H21N3O2S. The first-order valence-corrected chi connectivity index (χ1v) is 8.71. The van der Waals surface area contributed by atoms with E-state index >= 15 is 0 Å². The Kier molecular flexibility index (Phi) is 4.87. The van der Waals surface area contributed by atoms with E-state index in [9.17, 15) is 4.79 Å². The predicted octanol–water partition coefficient (Wildman–Crippen LogP) is 3.66. The number of rotatable bonds is 5. The standard InChI is InChI=1S/C16H21N3O2S/c1-12-9-14(18-21-12)16(20)19(11-15-17-7-8-22-15)10-13-5-3-2-4-6-13/h7-9,13H,2-6,10-11H2,1H3. The molecule has 1 aliphatic carbocycles. The molecule has 2 aromatic rings. The Morgan fingerprint density at radius 1 is 1.41 bits per heavy atom. The Morgan fingerprint density at radius 2 is 2.23 bits per heavy atom. The zero-order chi connectivity index (χ0) is 15.4. The Labute approximate surface area is 134 Å². The van der Waals surface area contributed by atoms with Crippen molar-refractivity contribution in [3.63, 3.8) is 0 Å². The summed E-state index contributed by atoms with van der Waals surface area (Å²) >= 11 is 1.58. The number of carbonyl (C=O) groups is 1. The summed E-state index contributed by atoms with van der Waals surface area (Å²) in [5, 5.41) is 6.78. The van der Waals surface area contributed by atoms with Crippen molar-refractivity contribution in [1.82, 2.24) is 15.0 Å². The molecule has 1 aliphatic rings. The third kappa shape index (κ3) is 3.74. The highest BCUT2D eigenvalue weighted by molar-refractivity contribution is 7.09. The number of carbonyl (C=O) groups excluding carboxylic acids is 1. The molecule has 0 radical (unpaired) electrons. The minimum Gasteiger partial charge on any atom is -0.361 e. The molecule has 0 unspecified atom stereocenters. The molecule has 2 aromatic heterocycles. The number of hydrogen-bond donors (Lipinski definition) is 0. The van der Waals surface area contributed by atoms with Gasteiger partial charge < -0.3 is 9.42 Å². The van der Waals surface area contributed by atoms with Crippen LogP contribution >= 0.6 is 11.3 Å². The van der Waals surface area contributed by atoms with Gasteiger partial charge in [0.2, 0.25) is 0 Å². The zero-order valence-corrected chi connectivity index (χ0v) is 13.6. The highest BCUT2D eigenvalue weighted by Crippen LogP contribution is 2.25. The number of amides is 1. The van der Waals surface area contributed by atoms with Crippen LogP contribution in [0.1, 0.15) is 53.4 Å². The quantitative estimate of drug-likeness (QED) is 0.844. The predicted molar refractivity (Wildman–Crippen MR) is 84.7 cm³/mol. The van der Waals surface area contributed by atoms with Crippen LogP contribution in [0.2, 0.25) is 0 Å². The van der Waals surface area contributed by atoms with E-state index in [1.165, 1.54) is 32.1 Å². The molecule has 0 bridgehead atoms. The summed E-state index contributed by atoms with van der Waals surface area (Å²) in [6.07, 6.45) is 8.06. The summed E-state index contributed by atoms with van der Waals surface area (Å²) in [7, 11) is 0. The molecule has 1 fully saturated rings. The number of nitrogens with zero attached hydrogens (tertiary/aromatic N) is 3. The van der Waals surface area contributed by atoms with Gasteiger partial charge in [-0.1, -0.05) is 24.4 Å². The molecule has 2 heterocycles. The van der Waals surface area contributed by atoms with Crippen LogP contribution in [0.4, 0.5) is 0 Å². The number of aryl methyl sites for hydroxylation is 1. The molecule has 1 saturated carbocycles. The van der Waals surface area contributed by atoms with E-state index in [4.69, 9.17) is 4.52 Å². The van der Waals surface area contributed by atoms with Crippen molar-refractivity contribution < 1.29 is 9.32 Å². The average Bonchev–Trinajstić information content (AvgIpc) is 3.18. The van der Waals surface area contributed by atoms with Gasteiger partial charge in [0.1, 0.15) is 10.8 Å². The van der Waals surface area contributed by atoms with Crippen LogP contribution in [-0.2, 0) is 6.54 Å². The van der Waals surface area contributed by atoms with Gasteiger partial charge in [0, 0.05) is 24.2 Å². The fourth-order valence-corrected chi connectivity index (χ4v) is 3.66. The highest BCUT2D eigenvalue weighted by atomic mass is 32.1. The first kappa shape index (κ1) is 15.2. The second-order valence-corrected chi connectivity index (χ2v) is 6.92. The van der Waals surface area contributed by atoms with Gasteiger partial charge >= 0.3 is 0 Å². The lowest BCUT2D eigenvalue weighted by atomic mass is 9.89. The third-order valence-corrected chi connectivity index (χ3v) is 4.91. The third-order valence-electron chi connectivity index (χ3n) is 4.15. The average molecular weight is 319 g/mol. The van der Waals surface area contributed by atoms with E-state index in [2.05, 4.69) is 10.1 Å². The lowest BCUT2D eigenvalue weighted by molar-refractivity contribution is 0.0688. The van der Waals surface area contributed by atoms with Crippen LogP contribution in [0.25, 0.3) is 0 Å². The summed E-state index contributed by atoms with van der Waals surface area (Å²) in [6.45, 7) is 3.14. The van der Waals surface area contributed by atoms with E-state index < -0.39 is 0 Å². The number of thiazole rings is 1. The maximum Gasteiger partial charge on any atom is 0.276 e. The van der Waals surface area contributed by atoms with Crippen molar-refractivity contribution in [3.05, 3.63) is 34.1 Å². The largest absolute Gasteiger partial charge is 0.361 e. The molecule has 0 spiro atoms. The van der Waals surface area contributed by atoms with E-state index in [0.29, 0.717) is 23.9 Å². The van der Waals surface area contributed by atoms with Crippen molar-refractivity contribution in [3.8, 4) is 0 Å². The molecule has 6 heteroatoms. The lowest BCUT2D eigenvalue weighted by Gasteiger charge is -2.28. The SMILES string of the molecule is Cc1cc(C(=O)N(Cc2nccs2)CC2CCCCC2)no1. The Bertz CT molecular complexity index is 603. The summed E-state index contributed by atoms with van der Waals surface area (Å²) in [5.74, 6) is 1.19. The van der Waals surface area contributed by atoms with Gasteiger partial charge in [-0.3, -0.25) is 4.79 Å². The van der Waals surface area contributed by atoms with Gasteiger partial charge in [0.05, 0.1) is 6.54 Å². The first-order chi connectivity index (χ1) is 10.7. The second-order valence-electron chi connectivity index (χ2n) is 5.94. The van der Waals surface area contributed by atoms with Gasteiger partial charge in [-0.05, 0) is 25.7 Å². The van der Waals surface area contributed by atoms with E-state index in [1.54, 1.807) is 30.5 Å². The molecular weight excluding hydrogens is 298 g/mol. The molecule has 0 N–H and O–H groups in total. The molecule has 0 aromatic carbocycles. The lowest BCUT2D eigenvalue weighted by Crippen LogP contribution is -2.35. The molecule has 3 rings (SSSR count). The van der Waals surface area contributed by atoms with E-state index in [1.807, 2.05) is 10.3 Å².